The lowest BCUT2D eigenvalue weighted by Crippen LogP contribution is -2.61. The summed E-state index contributed by atoms with van der Waals surface area (Å²) < 4.78 is 4.92. The van der Waals surface area contributed by atoms with Crippen LogP contribution in [-0.2, 0) is 17.6 Å². The van der Waals surface area contributed by atoms with Gasteiger partial charge in [-0.15, -0.1) is 0 Å². The quantitative estimate of drug-likeness (QED) is 0.436. The maximum atomic E-state index is 13.8. The molecule has 0 bridgehead atoms. The molecule has 1 fully saturated rings. The third kappa shape index (κ3) is 5.62. The van der Waals surface area contributed by atoms with Crippen molar-refractivity contribution in [3.05, 3.63) is 75.9 Å². The van der Waals surface area contributed by atoms with Crippen LogP contribution in [0.3, 0.4) is 0 Å². The summed E-state index contributed by atoms with van der Waals surface area (Å²) in [5.41, 5.74) is 5.39. The van der Waals surface area contributed by atoms with E-state index in [4.69, 9.17) is 19.7 Å². The van der Waals surface area contributed by atoms with Gasteiger partial charge in [0.25, 0.3) is 5.91 Å². The maximum absolute atomic E-state index is 13.8. The van der Waals surface area contributed by atoms with E-state index in [1.165, 1.54) is 18.2 Å². The van der Waals surface area contributed by atoms with E-state index in [1.54, 1.807) is 6.20 Å². The number of aryl methyl sites for hydroxylation is 2. The number of methoxy groups -OCH3 is 1. The van der Waals surface area contributed by atoms with E-state index in [0.717, 1.165) is 35.7 Å². The largest absolute Gasteiger partial charge is 0.465 e. The van der Waals surface area contributed by atoms with Crippen molar-refractivity contribution in [2.45, 2.75) is 71.9 Å². The average molecular weight is 557 g/mol. The molecule has 0 saturated carbocycles. The van der Waals surface area contributed by atoms with Gasteiger partial charge in [0.2, 0.25) is 0 Å². The number of aromatic nitrogens is 3. The van der Waals surface area contributed by atoms with Gasteiger partial charge in [0.1, 0.15) is 17.3 Å². The number of ether oxygens (including phenoxy) is 1. The van der Waals surface area contributed by atoms with Crippen molar-refractivity contribution in [1.82, 2.24) is 19.9 Å². The zero-order valence-corrected chi connectivity index (χ0v) is 25.1. The number of carbonyl (C=O) groups excluding carboxylic acids is 2. The van der Waals surface area contributed by atoms with E-state index in [1.807, 2.05) is 24.8 Å². The number of nitrogens with zero attached hydrogens (tertiary/aromatic N) is 5. The Balaban J connectivity index is 1.32. The second-order valence-corrected chi connectivity index (χ2v) is 12.1. The highest BCUT2D eigenvalue weighted by Gasteiger charge is 2.39. The number of hydrogen-bond donors (Lipinski definition) is 1. The van der Waals surface area contributed by atoms with Crippen LogP contribution in [0.4, 0.5) is 11.6 Å². The molecule has 9 heteroatoms. The van der Waals surface area contributed by atoms with Gasteiger partial charge in [0.15, 0.2) is 0 Å². The fourth-order valence-electron chi connectivity index (χ4n) is 6.12. The third-order valence-electron chi connectivity index (χ3n) is 8.20. The van der Waals surface area contributed by atoms with E-state index in [9.17, 15) is 9.59 Å². The van der Waals surface area contributed by atoms with Gasteiger partial charge in [-0.3, -0.25) is 4.79 Å². The van der Waals surface area contributed by atoms with Crippen LogP contribution in [0.1, 0.15) is 82.5 Å². The summed E-state index contributed by atoms with van der Waals surface area (Å²) in [6.07, 6.45) is 3.52. The molecule has 216 valence electrons. The fraction of sp³-hybridized carbons (Fsp3) is 0.469. The summed E-state index contributed by atoms with van der Waals surface area (Å²) in [5, 5.41) is 3.61. The number of esters is 1. The number of hydrogen-bond acceptors (Lipinski definition) is 8. The molecule has 2 aliphatic rings. The molecule has 1 amide bonds. The Bertz CT molecular complexity index is 1440. The molecule has 0 unspecified atom stereocenters. The van der Waals surface area contributed by atoms with Crippen LogP contribution in [0.2, 0.25) is 0 Å². The maximum Gasteiger partial charge on any atom is 0.339 e. The van der Waals surface area contributed by atoms with Crippen LogP contribution in [0.15, 0.2) is 36.5 Å². The minimum absolute atomic E-state index is 0.108. The number of amides is 1. The summed E-state index contributed by atoms with van der Waals surface area (Å²) in [6, 6.07) is 10.7. The molecular weight excluding hydrogens is 516 g/mol. The molecule has 9 nitrogen and oxygen atoms in total. The third-order valence-corrected chi connectivity index (χ3v) is 8.20. The predicted octanol–water partition coefficient (Wildman–Crippen LogP) is 4.72. The van der Waals surface area contributed by atoms with Gasteiger partial charge in [0, 0.05) is 25.7 Å². The van der Waals surface area contributed by atoms with E-state index < -0.39 is 5.54 Å². The van der Waals surface area contributed by atoms with E-state index in [-0.39, 0.29) is 23.8 Å². The molecule has 0 atom stereocenters. The summed E-state index contributed by atoms with van der Waals surface area (Å²) in [4.78, 5) is 44.3. The molecule has 0 spiro atoms. The molecule has 1 aromatic carbocycles. The average Bonchev–Trinajstić information content (AvgIpc) is 3.34. The van der Waals surface area contributed by atoms with Crippen LogP contribution in [0.25, 0.3) is 0 Å². The number of anilines is 2. The number of carbonyl (C=O) groups is 2. The van der Waals surface area contributed by atoms with Crippen LogP contribution >= 0.6 is 0 Å². The minimum atomic E-state index is -0.480. The first kappa shape index (κ1) is 28.5. The number of nitrogens with one attached hydrogen (secondary N) is 1. The minimum Gasteiger partial charge on any atom is -0.465 e. The Labute approximate surface area is 242 Å². The van der Waals surface area contributed by atoms with Crippen molar-refractivity contribution >= 4 is 23.5 Å². The highest BCUT2D eigenvalue weighted by atomic mass is 16.5. The number of benzene rings is 1. The van der Waals surface area contributed by atoms with Gasteiger partial charge in [0.05, 0.1) is 35.8 Å². The first-order chi connectivity index (χ1) is 19.5. The van der Waals surface area contributed by atoms with Gasteiger partial charge in [-0.1, -0.05) is 38.1 Å². The van der Waals surface area contributed by atoms with Crippen molar-refractivity contribution in [2.24, 2.45) is 0 Å². The Morgan fingerprint density at radius 2 is 1.76 bits per heavy atom. The number of rotatable bonds is 6. The predicted molar refractivity (Wildman–Crippen MR) is 160 cm³/mol. The summed E-state index contributed by atoms with van der Waals surface area (Å²) in [7, 11) is 1.38. The molecule has 3 heterocycles. The monoisotopic (exact) mass is 556 g/mol. The second kappa shape index (κ2) is 11.1. The SMILES string of the molecule is COC(=O)c1c(C)cc(N2CCN(C(=O)c3cnc(NC4Cc5ccccc5C4)c(C(C)C)n3)C(C)(C)C2)nc1C. The lowest BCUT2D eigenvalue weighted by Gasteiger charge is -2.47. The molecule has 1 N–H and O–H groups in total. The standard InChI is InChI=1S/C32H40N6O3/c1-19(2)28-29(35-24-15-22-10-8-9-11-23(22)16-24)33-17-25(36-28)30(39)38-13-12-37(18-32(38,5)6)26-14-20(3)27(21(4)34-26)31(40)41-7/h8-11,14,17,19,24H,12-13,15-16,18H2,1-7H3,(H,33,35). The molecule has 2 aromatic heterocycles. The summed E-state index contributed by atoms with van der Waals surface area (Å²) in [5.74, 6) is 1.15. The van der Waals surface area contributed by atoms with Crippen molar-refractivity contribution in [1.29, 1.82) is 0 Å². The first-order valence-electron chi connectivity index (χ1n) is 14.3. The van der Waals surface area contributed by atoms with Crippen LogP contribution in [0, 0.1) is 13.8 Å². The molecule has 5 rings (SSSR count). The van der Waals surface area contributed by atoms with Crippen LogP contribution < -0.4 is 10.2 Å². The summed E-state index contributed by atoms with van der Waals surface area (Å²) >= 11 is 0. The van der Waals surface area contributed by atoms with Crippen LogP contribution in [0.5, 0.6) is 0 Å². The first-order valence-corrected chi connectivity index (χ1v) is 14.3. The second-order valence-electron chi connectivity index (χ2n) is 12.1. The lowest BCUT2D eigenvalue weighted by molar-refractivity contribution is 0.0505. The van der Waals surface area contributed by atoms with Gasteiger partial charge in [-0.2, -0.15) is 0 Å². The fourth-order valence-corrected chi connectivity index (χ4v) is 6.12. The number of fused-ring (bicyclic) bond motifs is 1. The van der Waals surface area contributed by atoms with E-state index >= 15 is 0 Å². The molecule has 41 heavy (non-hydrogen) atoms. The number of pyridine rings is 1. The van der Waals surface area contributed by atoms with Gasteiger partial charge < -0.3 is 19.9 Å². The summed E-state index contributed by atoms with van der Waals surface area (Å²) in [6.45, 7) is 13.7. The van der Waals surface area contributed by atoms with E-state index in [0.29, 0.717) is 36.6 Å². The Morgan fingerprint density at radius 3 is 2.34 bits per heavy atom. The smallest absolute Gasteiger partial charge is 0.339 e. The van der Waals surface area contributed by atoms with Crippen molar-refractivity contribution in [3.63, 3.8) is 0 Å². The highest BCUT2D eigenvalue weighted by Crippen LogP contribution is 2.30. The van der Waals surface area contributed by atoms with Gasteiger partial charge in [-0.25, -0.2) is 19.7 Å². The molecule has 1 saturated heterocycles. The highest BCUT2D eigenvalue weighted by molar-refractivity contribution is 5.93. The molecular formula is C32H40N6O3. The van der Waals surface area contributed by atoms with Gasteiger partial charge in [-0.05, 0) is 69.2 Å². The van der Waals surface area contributed by atoms with Crippen molar-refractivity contribution in [3.8, 4) is 0 Å². The lowest BCUT2D eigenvalue weighted by atomic mass is 9.97. The zero-order chi connectivity index (χ0) is 29.5. The Morgan fingerprint density at radius 1 is 1.07 bits per heavy atom. The Kier molecular flexibility index (Phi) is 7.72. The Hall–Kier alpha value is -4.01. The zero-order valence-electron chi connectivity index (χ0n) is 25.1. The van der Waals surface area contributed by atoms with Crippen molar-refractivity contribution in [2.75, 3.05) is 37.0 Å². The number of piperazine rings is 1. The molecule has 1 aliphatic carbocycles. The van der Waals surface area contributed by atoms with Crippen LogP contribution in [-0.4, -0.2) is 70.1 Å². The topological polar surface area (TPSA) is 101 Å². The van der Waals surface area contributed by atoms with E-state index in [2.05, 4.69) is 62.2 Å². The molecule has 3 aromatic rings. The normalized spacial score (nSPS) is 16.6. The molecule has 0 radical (unpaired) electrons. The van der Waals surface area contributed by atoms with Crippen molar-refractivity contribution < 1.29 is 14.3 Å². The van der Waals surface area contributed by atoms with Gasteiger partial charge >= 0.3 is 5.97 Å². The molecule has 1 aliphatic heterocycles.